The van der Waals surface area contributed by atoms with Gasteiger partial charge in [0.05, 0.1) is 12.7 Å². The number of ketones is 1. The zero-order valence-corrected chi connectivity index (χ0v) is 19.2. The van der Waals surface area contributed by atoms with Crippen molar-refractivity contribution in [2.75, 3.05) is 27.4 Å². The number of methoxy groups -OCH3 is 2. The first-order chi connectivity index (χ1) is 16.6. The number of pyridine rings is 1. The SMILES string of the molecule is COCCCn1cc(C(=O)c2cc(OC)ccc2OC/C=C/c2ccccc2)cc(C#N)c1=O. The summed E-state index contributed by atoms with van der Waals surface area (Å²) in [6, 6.07) is 18.0. The Labute approximate surface area is 198 Å². The van der Waals surface area contributed by atoms with E-state index in [9.17, 15) is 14.9 Å². The Kier molecular flexibility index (Phi) is 8.78. The molecule has 0 amide bonds. The average molecular weight is 459 g/mol. The van der Waals surface area contributed by atoms with E-state index in [0.29, 0.717) is 31.1 Å². The molecule has 1 heterocycles. The molecule has 0 aliphatic rings. The van der Waals surface area contributed by atoms with Crippen molar-refractivity contribution in [1.82, 2.24) is 4.57 Å². The summed E-state index contributed by atoms with van der Waals surface area (Å²) in [4.78, 5) is 25.9. The van der Waals surface area contributed by atoms with Crippen LogP contribution in [-0.2, 0) is 11.3 Å². The highest BCUT2D eigenvalue weighted by atomic mass is 16.5. The van der Waals surface area contributed by atoms with Crippen LogP contribution in [0.5, 0.6) is 11.5 Å². The number of benzene rings is 2. The average Bonchev–Trinajstić information content (AvgIpc) is 2.88. The zero-order valence-electron chi connectivity index (χ0n) is 19.2. The fourth-order valence-corrected chi connectivity index (χ4v) is 3.37. The number of rotatable bonds is 11. The largest absolute Gasteiger partial charge is 0.497 e. The number of hydrogen-bond acceptors (Lipinski definition) is 6. The van der Waals surface area contributed by atoms with E-state index in [1.807, 2.05) is 48.6 Å². The lowest BCUT2D eigenvalue weighted by Gasteiger charge is -2.13. The number of nitrogens with zero attached hydrogens (tertiary/aromatic N) is 2. The molecular weight excluding hydrogens is 432 g/mol. The standard InChI is InChI=1S/C27H26N2O5/c1-32-14-7-13-29-19-22(16-21(18-28)27(29)31)26(30)24-17-23(33-2)11-12-25(24)34-15-6-10-20-8-4-3-5-9-20/h3-6,8-12,16-17,19H,7,13-15H2,1-2H3/b10-6+. The first-order valence-corrected chi connectivity index (χ1v) is 10.8. The van der Waals surface area contributed by atoms with Crippen LogP contribution in [0, 0.1) is 11.3 Å². The number of carbonyl (C=O) groups excluding carboxylic acids is 1. The Morgan fingerprint density at radius 3 is 2.62 bits per heavy atom. The molecule has 0 spiro atoms. The maximum atomic E-state index is 13.4. The van der Waals surface area contributed by atoms with E-state index in [0.717, 1.165) is 5.56 Å². The first kappa shape index (κ1) is 24.5. The third-order valence-corrected chi connectivity index (χ3v) is 5.09. The van der Waals surface area contributed by atoms with Crippen LogP contribution in [-0.4, -0.2) is 37.8 Å². The van der Waals surface area contributed by atoms with Gasteiger partial charge >= 0.3 is 0 Å². The fraction of sp³-hybridized carbons (Fsp3) is 0.222. The predicted molar refractivity (Wildman–Crippen MR) is 129 cm³/mol. The molecule has 0 saturated carbocycles. The molecule has 3 rings (SSSR count). The van der Waals surface area contributed by atoms with E-state index in [1.54, 1.807) is 25.3 Å². The van der Waals surface area contributed by atoms with Gasteiger partial charge in [-0.25, -0.2) is 0 Å². The van der Waals surface area contributed by atoms with Gasteiger partial charge < -0.3 is 18.8 Å². The summed E-state index contributed by atoms with van der Waals surface area (Å²) in [5.41, 5.74) is 0.990. The van der Waals surface area contributed by atoms with Crippen LogP contribution in [0.4, 0.5) is 0 Å². The van der Waals surface area contributed by atoms with Crippen LogP contribution in [0.3, 0.4) is 0 Å². The van der Waals surface area contributed by atoms with Crippen molar-refractivity contribution in [2.45, 2.75) is 13.0 Å². The van der Waals surface area contributed by atoms with Gasteiger partial charge in [0.25, 0.3) is 5.56 Å². The zero-order chi connectivity index (χ0) is 24.3. The van der Waals surface area contributed by atoms with Crippen molar-refractivity contribution in [3.05, 3.63) is 99.5 Å². The molecule has 7 heteroatoms. The van der Waals surface area contributed by atoms with E-state index < -0.39 is 5.56 Å². The fourth-order valence-electron chi connectivity index (χ4n) is 3.37. The molecule has 34 heavy (non-hydrogen) atoms. The summed E-state index contributed by atoms with van der Waals surface area (Å²) in [7, 11) is 3.08. The van der Waals surface area contributed by atoms with Crippen molar-refractivity contribution in [3.63, 3.8) is 0 Å². The number of carbonyl (C=O) groups is 1. The second kappa shape index (κ2) is 12.2. The lowest BCUT2D eigenvalue weighted by atomic mass is 10.0. The maximum absolute atomic E-state index is 13.4. The van der Waals surface area contributed by atoms with Crippen molar-refractivity contribution >= 4 is 11.9 Å². The molecule has 0 atom stereocenters. The Morgan fingerprint density at radius 2 is 1.91 bits per heavy atom. The normalized spacial score (nSPS) is 10.7. The van der Waals surface area contributed by atoms with Crippen molar-refractivity contribution < 1.29 is 19.0 Å². The Balaban J connectivity index is 1.89. The summed E-state index contributed by atoms with van der Waals surface area (Å²) < 4.78 is 17.6. The van der Waals surface area contributed by atoms with Gasteiger partial charge in [0, 0.05) is 32.0 Å². The molecule has 0 aliphatic heterocycles. The van der Waals surface area contributed by atoms with Crippen molar-refractivity contribution in [1.29, 1.82) is 5.26 Å². The van der Waals surface area contributed by atoms with E-state index in [-0.39, 0.29) is 29.1 Å². The van der Waals surface area contributed by atoms with Crippen LogP contribution < -0.4 is 15.0 Å². The molecule has 0 N–H and O–H groups in total. The summed E-state index contributed by atoms with van der Waals surface area (Å²) in [5, 5.41) is 9.41. The number of hydrogen-bond donors (Lipinski definition) is 0. The second-order valence-electron chi connectivity index (χ2n) is 7.41. The van der Waals surface area contributed by atoms with Crippen molar-refractivity contribution in [2.24, 2.45) is 0 Å². The number of aryl methyl sites for hydroxylation is 1. The van der Waals surface area contributed by atoms with E-state index in [2.05, 4.69) is 0 Å². The monoisotopic (exact) mass is 458 g/mol. The van der Waals surface area contributed by atoms with Crippen LogP contribution >= 0.6 is 0 Å². The lowest BCUT2D eigenvalue weighted by Crippen LogP contribution is -2.24. The van der Waals surface area contributed by atoms with Gasteiger partial charge in [0.1, 0.15) is 29.7 Å². The number of ether oxygens (including phenoxy) is 3. The molecular formula is C27H26N2O5. The number of aromatic nitrogens is 1. The molecule has 0 radical (unpaired) electrons. The van der Waals surface area contributed by atoms with E-state index in [1.165, 1.54) is 23.9 Å². The molecule has 0 unspecified atom stereocenters. The van der Waals surface area contributed by atoms with Crippen LogP contribution in [0.2, 0.25) is 0 Å². The molecule has 0 bridgehead atoms. The van der Waals surface area contributed by atoms with Gasteiger partial charge in [-0.1, -0.05) is 36.4 Å². The highest BCUT2D eigenvalue weighted by Gasteiger charge is 2.19. The van der Waals surface area contributed by atoms with Gasteiger partial charge in [-0.2, -0.15) is 5.26 Å². The third-order valence-electron chi connectivity index (χ3n) is 5.09. The minimum Gasteiger partial charge on any atom is -0.497 e. The molecule has 0 aliphatic carbocycles. The highest BCUT2D eigenvalue weighted by molar-refractivity contribution is 6.11. The predicted octanol–water partition coefficient (Wildman–Crippen LogP) is 4.09. The minimum atomic E-state index is -0.441. The Hall–Kier alpha value is -4.15. The molecule has 1 aromatic heterocycles. The minimum absolute atomic E-state index is 0.0978. The van der Waals surface area contributed by atoms with Crippen molar-refractivity contribution in [3.8, 4) is 17.6 Å². The van der Waals surface area contributed by atoms with E-state index >= 15 is 0 Å². The van der Waals surface area contributed by atoms with Gasteiger partial charge in [0.15, 0.2) is 5.78 Å². The van der Waals surface area contributed by atoms with Gasteiger partial charge in [0.2, 0.25) is 0 Å². The van der Waals surface area contributed by atoms with Crippen LogP contribution in [0.1, 0.15) is 33.5 Å². The summed E-state index contributed by atoms with van der Waals surface area (Å²) in [5.74, 6) is 0.488. The molecule has 174 valence electrons. The topological polar surface area (TPSA) is 90.5 Å². The highest BCUT2D eigenvalue weighted by Crippen LogP contribution is 2.27. The third kappa shape index (κ3) is 6.21. The summed E-state index contributed by atoms with van der Waals surface area (Å²) in [6.45, 7) is 1.03. The quantitative estimate of drug-likeness (QED) is 0.318. The van der Waals surface area contributed by atoms with Gasteiger partial charge in [-0.05, 0) is 42.3 Å². The lowest BCUT2D eigenvalue weighted by molar-refractivity contribution is 0.103. The smallest absolute Gasteiger partial charge is 0.268 e. The van der Waals surface area contributed by atoms with Gasteiger partial charge in [-0.15, -0.1) is 0 Å². The first-order valence-electron chi connectivity index (χ1n) is 10.8. The number of nitriles is 1. The van der Waals surface area contributed by atoms with Crippen LogP contribution in [0.25, 0.3) is 6.08 Å². The van der Waals surface area contributed by atoms with Gasteiger partial charge in [-0.3, -0.25) is 9.59 Å². The molecule has 2 aromatic carbocycles. The molecule has 7 nitrogen and oxygen atoms in total. The molecule has 0 saturated heterocycles. The Bertz CT molecular complexity index is 1260. The molecule has 3 aromatic rings. The second-order valence-corrected chi connectivity index (χ2v) is 7.41. The summed E-state index contributed by atoms with van der Waals surface area (Å²) >= 11 is 0. The van der Waals surface area contributed by atoms with E-state index in [4.69, 9.17) is 14.2 Å². The van der Waals surface area contributed by atoms with Crippen LogP contribution in [0.15, 0.2) is 71.7 Å². The maximum Gasteiger partial charge on any atom is 0.268 e. The molecule has 0 fully saturated rings. The summed E-state index contributed by atoms with van der Waals surface area (Å²) in [6.07, 6.45) is 5.83. The Morgan fingerprint density at radius 1 is 1.12 bits per heavy atom.